The molecule has 0 fully saturated rings. The fourth-order valence-corrected chi connectivity index (χ4v) is 1.62. The van der Waals surface area contributed by atoms with Gasteiger partial charge in [0.25, 0.3) is 0 Å². The van der Waals surface area contributed by atoms with Crippen LogP contribution in [0.4, 0.5) is 4.39 Å². The summed E-state index contributed by atoms with van der Waals surface area (Å²) in [6.07, 6.45) is -0.728. The molecule has 1 aromatic rings. The molecule has 0 radical (unpaired) electrons. The lowest BCUT2D eigenvalue weighted by Gasteiger charge is -2.33. The average Bonchev–Trinajstić information content (AvgIpc) is 2.14. The van der Waals surface area contributed by atoms with E-state index in [0.717, 1.165) is 0 Å². The smallest absolute Gasteiger partial charge is 0.197 e. The third-order valence-corrected chi connectivity index (χ3v) is 2.46. The maximum atomic E-state index is 13.6. The molecule has 0 saturated carbocycles. The molecule has 0 amide bonds. The van der Waals surface area contributed by atoms with E-state index in [4.69, 9.17) is 9.47 Å². The van der Waals surface area contributed by atoms with Gasteiger partial charge in [-0.3, -0.25) is 0 Å². The summed E-state index contributed by atoms with van der Waals surface area (Å²) >= 11 is 0. The SMILES string of the molecule is CC(O)c1cc(F)c2c(c1)OC(C)(C)CO2. The van der Waals surface area contributed by atoms with Crippen molar-refractivity contribution in [3.05, 3.63) is 23.5 Å². The minimum atomic E-state index is -0.728. The highest BCUT2D eigenvalue weighted by molar-refractivity contribution is 5.46. The molecule has 0 spiro atoms. The number of aliphatic hydroxyl groups excluding tert-OH is 1. The van der Waals surface area contributed by atoms with Gasteiger partial charge in [0.2, 0.25) is 0 Å². The minimum Gasteiger partial charge on any atom is -0.483 e. The largest absolute Gasteiger partial charge is 0.483 e. The average molecular weight is 226 g/mol. The van der Waals surface area contributed by atoms with Gasteiger partial charge in [-0.2, -0.15) is 0 Å². The van der Waals surface area contributed by atoms with Crippen molar-refractivity contribution in [2.45, 2.75) is 32.5 Å². The number of hydrogen-bond acceptors (Lipinski definition) is 3. The Balaban J connectivity index is 2.45. The molecular weight excluding hydrogens is 211 g/mol. The maximum Gasteiger partial charge on any atom is 0.197 e. The molecule has 0 bridgehead atoms. The fourth-order valence-electron chi connectivity index (χ4n) is 1.62. The van der Waals surface area contributed by atoms with Gasteiger partial charge in [0.1, 0.15) is 12.2 Å². The number of rotatable bonds is 1. The van der Waals surface area contributed by atoms with Crippen molar-refractivity contribution < 1.29 is 19.0 Å². The van der Waals surface area contributed by atoms with Crippen molar-refractivity contribution >= 4 is 0 Å². The zero-order valence-electron chi connectivity index (χ0n) is 9.58. The molecule has 3 nitrogen and oxygen atoms in total. The van der Waals surface area contributed by atoms with Gasteiger partial charge in [-0.15, -0.1) is 0 Å². The number of aliphatic hydroxyl groups is 1. The van der Waals surface area contributed by atoms with Gasteiger partial charge in [0.05, 0.1) is 6.10 Å². The van der Waals surface area contributed by atoms with Crippen molar-refractivity contribution in [1.82, 2.24) is 0 Å². The molecule has 1 N–H and O–H groups in total. The zero-order valence-corrected chi connectivity index (χ0v) is 9.58. The lowest BCUT2D eigenvalue weighted by Crippen LogP contribution is -2.39. The summed E-state index contributed by atoms with van der Waals surface area (Å²) < 4.78 is 24.6. The van der Waals surface area contributed by atoms with Crippen molar-refractivity contribution in [1.29, 1.82) is 0 Å². The number of halogens is 1. The summed E-state index contributed by atoms with van der Waals surface area (Å²) in [5.74, 6) is -0.0141. The molecule has 1 aliphatic rings. The van der Waals surface area contributed by atoms with Crippen LogP contribution in [0.25, 0.3) is 0 Å². The molecular formula is C12H15FO3. The molecule has 4 heteroatoms. The van der Waals surface area contributed by atoms with Crippen LogP contribution in [0.15, 0.2) is 12.1 Å². The van der Waals surface area contributed by atoms with Crippen LogP contribution >= 0.6 is 0 Å². The molecule has 16 heavy (non-hydrogen) atoms. The second-order valence-electron chi connectivity index (χ2n) is 4.66. The number of ether oxygens (including phenoxy) is 2. The first-order chi connectivity index (χ1) is 7.39. The highest BCUT2D eigenvalue weighted by Crippen LogP contribution is 2.39. The third-order valence-electron chi connectivity index (χ3n) is 2.46. The summed E-state index contributed by atoms with van der Waals surface area (Å²) in [7, 11) is 0. The zero-order chi connectivity index (χ0) is 11.9. The maximum absolute atomic E-state index is 13.6. The van der Waals surface area contributed by atoms with E-state index in [1.807, 2.05) is 13.8 Å². The van der Waals surface area contributed by atoms with Crippen LogP contribution in [-0.4, -0.2) is 17.3 Å². The molecule has 1 aliphatic heterocycles. The van der Waals surface area contributed by atoms with Gasteiger partial charge in [0.15, 0.2) is 17.3 Å². The Morgan fingerprint density at radius 2 is 2.12 bits per heavy atom. The van der Waals surface area contributed by atoms with Crippen LogP contribution in [0.3, 0.4) is 0 Å². The Hall–Kier alpha value is -1.29. The molecule has 0 saturated heterocycles. The van der Waals surface area contributed by atoms with Crippen LogP contribution in [-0.2, 0) is 0 Å². The van der Waals surface area contributed by atoms with Gasteiger partial charge in [-0.1, -0.05) is 0 Å². The van der Waals surface area contributed by atoms with E-state index in [2.05, 4.69) is 0 Å². The summed E-state index contributed by atoms with van der Waals surface area (Å²) in [4.78, 5) is 0. The van der Waals surface area contributed by atoms with Gasteiger partial charge in [-0.25, -0.2) is 4.39 Å². The highest BCUT2D eigenvalue weighted by Gasteiger charge is 2.30. The van der Waals surface area contributed by atoms with E-state index in [1.165, 1.54) is 6.07 Å². The lowest BCUT2D eigenvalue weighted by molar-refractivity contribution is 0.0180. The van der Waals surface area contributed by atoms with Crippen LogP contribution in [0.1, 0.15) is 32.4 Å². The predicted octanol–water partition coefficient (Wildman–Crippen LogP) is 2.43. The highest BCUT2D eigenvalue weighted by atomic mass is 19.1. The number of hydrogen-bond donors (Lipinski definition) is 1. The monoisotopic (exact) mass is 226 g/mol. The third kappa shape index (κ3) is 1.97. The summed E-state index contributed by atoms with van der Waals surface area (Å²) in [6, 6.07) is 2.88. The first kappa shape index (κ1) is 11.2. The molecule has 1 unspecified atom stereocenters. The molecule has 1 aromatic carbocycles. The molecule has 0 aliphatic carbocycles. The van der Waals surface area contributed by atoms with Crippen molar-refractivity contribution in [3.8, 4) is 11.5 Å². The fraction of sp³-hybridized carbons (Fsp3) is 0.500. The Labute approximate surface area is 93.8 Å². The topological polar surface area (TPSA) is 38.7 Å². The molecule has 1 atom stereocenters. The van der Waals surface area contributed by atoms with E-state index in [9.17, 15) is 9.50 Å². The van der Waals surface area contributed by atoms with Crippen LogP contribution in [0.5, 0.6) is 11.5 Å². The minimum absolute atomic E-state index is 0.128. The van der Waals surface area contributed by atoms with Crippen molar-refractivity contribution in [3.63, 3.8) is 0 Å². The van der Waals surface area contributed by atoms with Gasteiger partial charge in [-0.05, 0) is 38.5 Å². The molecule has 1 heterocycles. The van der Waals surface area contributed by atoms with Crippen LogP contribution in [0, 0.1) is 5.82 Å². The van der Waals surface area contributed by atoms with Gasteiger partial charge >= 0.3 is 0 Å². The second kappa shape index (κ2) is 3.63. The van der Waals surface area contributed by atoms with Crippen molar-refractivity contribution in [2.24, 2.45) is 0 Å². The quantitative estimate of drug-likeness (QED) is 0.799. The van der Waals surface area contributed by atoms with E-state index in [1.54, 1.807) is 13.0 Å². The van der Waals surface area contributed by atoms with Crippen LogP contribution in [0.2, 0.25) is 0 Å². The van der Waals surface area contributed by atoms with Crippen molar-refractivity contribution in [2.75, 3.05) is 6.61 Å². The number of benzene rings is 1. The van der Waals surface area contributed by atoms with E-state index in [-0.39, 0.29) is 5.75 Å². The standard InChI is InChI=1S/C12H15FO3/c1-7(14)8-4-9(13)11-10(5-8)16-12(2,3)6-15-11/h4-5,7,14H,6H2,1-3H3. The predicted molar refractivity (Wildman–Crippen MR) is 57.2 cm³/mol. The first-order valence-corrected chi connectivity index (χ1v) is 5.22. The van der Waals surface area contributed by atoms with Gasteiger partial charge in [0, 0.05) is 0 Å². The summed E-state index contributed by atoms with van der Waals surface area (Å²) in [6.45, 7) is 5.62. The Morgan fingerprint density at radius 3 is 2.75 bits per heavy atom. The summed E-state index contributed by atoms with van der Waals surface area (Å²) in [5.41, 5.74) is 0.00840. The van der Waals surface area contributed by atoms with Gasteiger partial charge < -0.3 is 14.6 Å². The second-order valence-corrected chi connectivity index (χ2v) is 4.66. The molecule has 2 rings (SSSR count). The number of fused-ring (bicyclic) bond motifs is 1. The van der Waals surface area contributed by atoms with E-state index in [0.29, 0.717) is 17.9 Å². The molecule has 0 aromatic heterocycles. The lowest BCUT2D eigenvalue weighted by atomic mass is 10.1. The Morgan fingerprint density at radius 1 is 1.44 bits per heavy atom. The Kier molecular flexibility index (Phi) is 2.54. The first-order valence-electron chi connectivity index (χ1n) is 5.22. The van der Waals surface area contributed by atoms with E-state index >= 15 is 0 Å². The van der Waals surface area contributed by atoms with E-state index < -0.39 is 17.5 Å². The summed E-state index contributed by atoms with van der Waals surface area (Å²) in [5, 5.41) is 9.42. The normalized spacial score (nSPS) is 19.3. The van der Waals surface area contributed by atoms with Crippen LogP contribution < -0.4 is 9.47 Å². The Bertz CT molecular complexity index is 413. The molecule has 88 valence electrons.